The van der Waals surface area contributed by atoms with Crippen molar-refractivity contribution < 1.29 is 19.2 Å². The van der Waals surface area contributed by atoms with Crippen molar-refractivity contribution in [3.05, 3.63) is 0 Å². The Morgan fingerprint density at radius 3 is 2.26 bits per heavy atom. The van der Waals surface area contributed by atoms with E-state index >= 15 is 0 Å². The van der Waals surface area contributed by atoms with E-state index in [1.54, 1.807) is 0 Å². The molecule has 23 heavy (non-hydrogen) atoms. The molecule has 0 saturated heterocycles. The molecule has 1 atom stereocenters. The van der Waals surface area contributed by atoms with Crippen molar-refractivity contribution in [3.63, 3.8) is 0 Å². The van der Waals surface area contributed by atoms with Gasteiger partial charge in [-0.15, -0.1) is 0 Å². The third kappa shape index (κ3) is 11.1. The molecular formula is C14H27N5O4. The van der Waals surface area contributed by atoms with Crippen LogP contribution < -0.4 is 27.4 Å². The van der Waals surface area contributed by atoms with Crippen molar-refractivity contribution in [2.75, 3.05) is 19.6 Å². The Kier molecular flexibility index (Phi) is 11.2. The average Bonchev–Trinajstić information content (AvgIpc) is 2.50. The van der Waals surface area contributed by atoms with Crippen LogP contribution in [0, 0.1) is 0 Å². The van der Waals surface area contributed by atoms with Crippen LogP contribution in [-0.2, 0) is 19.2 Å². The van der Waals surface area contributed by atoms with Gasteiger partial charge >= 0.3 is 0 Å². The summed E-state index contributed by atoms with van der Waals surface area (Å²) in [6.45, 7) is 1.84. The molecule has 0 aliphatic heterocycles. The monoisotopic (exact) mass is 329 g/mol. The Bertz CT molecular complexity index is 414. The zero-order chi connectivity index (χ0) is 17.7. The van der Waals surface area contributed by atoms with E-state index in [4.69, 9.17) is 11.5 Å². The van der Waals surface area contributed by atoms with Crippen molar-refractivity contribution in [1.82, 2.24) is 16.0 Å². The van der Waals surface area contributed by atoms with E-state index in [2.05, 4.69) is 16.0 Å². The lowest BCUT2D eigenvalue weighted by Gasteiger charge is -2.18. The molecular weight excluding hydrogens is 302 g/mol. The van der Waals surface area contributed by atoms with Gasteiger partial charge in [-0.3, -0.25) is 19.2 Å². The van der Waals surface area contributed by atoms with Crippen LogP contribution in [0.2, 0.25) is 0 Å². The minimum absolute atomic E-state index is 0.199. The van der Waals surface area contributed by atoms with Crippen LogP contribution in [0.15, 0.2) is 0 Å². The second-order valence-electron chi connectivity index (χ2n) is 5.12. The summed E-state index contributed by atoms with van der Waals surface area (Å²) in [5.41, 5.74) is 10.4. The molecule has 0 rings (SSSR count). The molecule has 7 N–H and O–H groups in total. The molecule has 0 saturated carbocycles. The molecule has 0 aliphatic carbocycles. The standard InChI is InChI=1S/C14H27N5O4/c1-2-5-12(21)17-9-13(22)19-10(6-3-4-7-15)14(23)18-8-11(16)20/h10H,2-9,15H2,1H3,(H2,16,20)(H,17,21)(H,18,23)(H,19,22)/t10-/m0/s1. The first kappa shape index (κ1) is 20.8. The van der Waals surface area contributed by atoms with E-state index in [0.29, 0.717) is 38.6 Å². The van der Waals surface area contributed by atoms with Crippen LogP contribution in [0.5, 0.6) is 0 Å². The number of carbonyl (C=O) groups is 4. The lowest BCUT2D eigenvalue weighted by molar-refractivity contribution is -0.130. The van der Waals surface area contributed by atoms with Crippen LogP contribution in [-0.4, -0.2) is 49.3 Å². The number of carbonyl (C=O) groups excluding carboxylic acids is 4. The van der Waals surface area contributed by atoms with Gasteiger partial charge in [-0.25, -0.2) is 0 Å². The molecule has 0 fully saturated rings. The van der Waals surface area contributed by atoms with E-state index in [9.17, 15) is 19.2 Å². The summed E-state index contributed by atoms with van der Waals surface area (Å²) in [7, 11) is 0. The second kappa shape index (κ2) is 12.4. The van der Waals surface area contributed by atoms with Crippen LogP contribution in [0.3, 0.4) is 0 Å². The van der Waals surface area contributed by atoms with Gasteiger partial charge in [0.2, 0.25) is 23.6 Å². The number of rotatable bonds is 12. The van der Waals surface area contributed by atoms with Crippen LogP contribution in [0.1, 0.15) is 39.0 Å². The average molecular weight is 329 g/mol. The minimum Gasteiger partial charge on any atom is -0.368 e. The maximum absolute atomic E-state index is 12.0. The number of amides is 4. The second-order valence-corrected chi connectivity index (χ2v) is 5.12. The third-order valence-electron chi connectivity index (χ3n) is 2.96. The van der Waals surface area contributed by atoms with Crippen molar-refractivity contribution in [1.29, 1.82) is 0 Å². The molecule has 0 heterocycles. The fourth-order valence-corrected chi connectivity index (χ4v) is 1.80. The SMILES string of the molecule is CCCC(=O)NCC(=O)N[C@@H](CCCCN)C(=O)NCC(N)=O. The normalized spacial score (nSPS) is 11.4. The summed E-state index contributed by atoms with van der Waals surface area (Å²) in [5, 5.41) is 7.36. The predicted molar refractivity (Wildman–Crippen MR) is 85.0 cm³/mol. The summed E-state index contributed by atoms with van der Waals surface area (Å²) in [5.74, 6) is -1.85. The highest BCUT2D eigenvalue weighted by Crippen LogP contribution is 2.01. The molecule has 9 heteroatoms. The largest absolute Gasteiger partial charge is 0.368 e. The summed E-state index contributed by atoms with van der Waals surface area (Å²) in [4.78, 5) is 45.8. The van der Waals surface area contributed by atoms with Gasteiger partial charge in [0, 0.05) is 6.42 Å². The molecule has 0 aliphatic rings. The fourth-order valence-electron chi connectivity index (χ4n) is 1.80. The quantitative estimate of drug-likeness (QED) is 0.265. The number of nitrogens with two attached hydrogens (primary N) is 2. The molecule has 0 bridgehead atoms. The third-order valence-corrected chi connectivity index (χ3v) is 2.96. The molecule has 0 aromatic carbocycles. The van der Waals surface area contributed by atoms with Crippen LogP contribution >= 0.6 is 0 Å². The predicted octanol–water partition coefficient (Wildman–Crippen LogP) is -1.88. The molecule has 132 valence electrons. The summed E-state index contributed by atoms with van der Waals surface area (Å²) in [6.07, 6.45) is 2.77. The van der Waals surface area contributed by atoms with E-state index in [-0.39, 0.29) is 19.0 Å². The summed E-state index contributed by atoms with van der Waals surface area (Å²) >= 11 is 0. The molecule has 0 aromatic rings. The molecule has 9 nitrogen and oxygen atoms in total. The summed E-state index contributed by atoms with van der Waals surface area (Å²) in [6, 6.07) is -0.795. The first-order valence-corrected chi connectivity index (χ1v) is 7.72. The number of hydrogen-bond acceptors (Lipinski definition) is 5. The maximum atomic E-state index is 12.0. The zero-order valence-electron chi connectivity index (χ0n) is 13.5. The van der Waals surface area contributed by atoms with Gasteiger partial charge < -0.3 is 27.4 Å². The molecule has 0 spiro atoms. The smallest absolute Gasteiger partial charge is 0.243 e. The Morgan fingerprint density at radius 1 is 1.00 bits per heavy atom. The Labute approximate surface area is 135 Å². The van der Waals surface area contributed by atoms with Crippen molar-refractivity contribution in [2.45, 2.75) is 45.1 Å². The van der Waals surface area contributed by atoms with Crippen LogP contribution in [0.4, 0.5) is 0 Å². The van der Waals surface area contributed by atoms with Gasteiger partial charge in [0.15, 0.2) is 0 Å². The van der Waals surface area contributed by atoms with Gasteiger partial charge in [-0.05, 0) is 32.2 Å². The van der Waals surface area contributed by atoms with Gasteiger partial charge in [0.1, 0.15) is 6.04 Å². The number of hydrogen-bond donors (Lipinski definition) is 5. The number of unbranched alkanes of at least 4 members (excludes halogenated alkanes) is 1. The molecule has 0 unspecified atom stereocenters. The maximum Gasteiger partial charge on any atom is 0.243 e. The van der Waals surface area contributed by atoms with Crippen LogP contribution in [0.25, 0.3) is 0 Å². The lowest BCUT2D eigenvalue weighted by Crippen LogP contribution is -2.50. The van der Waals surface area contributed by atoms with E-state index in [1.807, 2.05) is 6.92 Å². The first-order valence-electron chi connectivity index (χ1n) is 7.72. The molecule has 0 aromatic heterocycles. The Morgan fingerprint density at radius 2 is 1.70 bits per heavy atom. The minimum atomic E-state index is -0.795. The van der Waals surface area contributed by atoms with E-state index in [0.717, 1.165) is 0 Å². The van der Waals surface area contributed by atoms with Crippen molar-refractivity contribution in [2.24, 2.45) is 11.5 Å². The molecule has 0 radical (unpaired) electrons. The highest BCUT2D eigenvalue weighted by atomic mass is 16.2. The van der Waals surface area contributed by atoms with Gasteiger partial charge in [0.05, 0.1) is 13.1 Å². The van der Waals surface area contributed by atoms with E-state index < -0.39 is 23.8 Å². The topological polar surface area (TPSA) is 156 Å². The lowest BCUT2D eigenvalue weighted by atomic mass is 10.1. The number of nitrogens with one attached hydrogen (secondary N) is 3. The Balaban J connectivity index is 4.42. The van der Waals surface area contributed by atoms with Gasteiger partial charge in [-0.1, -0.05) is 6.92 Å². The zero-order valence-corrected chi connectivity index (χ0v) is 13.5. The summed E-state index contributed by atoms with van der Waals surface area (Å²) < 4.78 is 0. The fraction of sp³-hybridized carbons (Fsp3) is 0.714. The van der Waals surface area contributed by atoms with Crippen molar-refractivity contribution >= 4 is 23.6 Å². The molecule has 4 amide bonds. The first-order chi connectivity index (χ1) is 10.9. The highest BCUT2D eigenvalue weighted by Gasteiger charge is 2.20. The van der Waals surface area contributed by atoms with Crippen molar-refractivity contribution in [3.8, 4) is 0 Å². The Hall–Kier alpha value is -2.16. The number of primary amides is 1. The van der Waals surface area contributed by atoms with Gasteiger partial charge in [-0.2, -0.15) is 0 Å². The van der Waals surface area contributed by atoms with E-state index in [1.165, 1.54) is 0 Å². The highest BCUT2D eigenvalue weighted by molar-refractivity contribution is 5.91. The van der Waals surface area contributed by atoms with Gasteiger partial charge in [0.25, 0.3) is 0 Å².